The van der Waals surface area contributed by atoms with Crippen molar-refractivity contribution in [3.63, 3.8) is 0 Å². The Labute approximate surface area is 138 Å². The molecule has 0 radical (unpaired) electrons. The van der Waals surface area contributed by atoms with Crippen molar-refractivity contribution < 1.29 is 14.3 Å². The van der Waals surface area contributed by atoms with Crippen LogP contribution in [-0.4, -0.2) is 42.5 Å². The Morgan fingerprint density at radius 3 is 2.78 bits per heavy atom. The summed E-state index contributed by atoms with van der Waals surface area (Å²) in [6.07, 6.45) is 1.84. The lowest BCUT2D eigenvalue weighted by Crippen LogP contribution is -2.44. The summed E-state index contributed by atoms with van der Waals surface area (Å²) in [6, 6.07) is 7.73. The Morgan fingerprint density at radius 1 is 1.35 bits per heavy atom. The van der Waals surface area contributed by atoms with E-state index in [0.29, 0.717) is 39.1 Å². The number of hydrogen-bond acceptors (Lipinski definition) is 3. The molecule has 0 aromatic heterocycles. The molecule has 1 aromatic rings. The van der Waals surface area contributed by atoms with Crippen LogP contribution in [0.3, 0.4) is 0 Å². The second-order valence-electron chi connectivity index (χ2n) is 5.90. The zero-order valence-electron chi connectivity index (χ0n) is 14.0. The quantitative estimate of drug-likeness (QED) is 0.746. The number of hydrogen-bond donors (Lipinski definition) is 1. The number of amides is 2. The van der Waals surface area contributed by atoms with Gasteiger partial charge in [-0.05, 0) is 32.3 Å². The van der Waals surface area contributed by atoms with Crippen LogP contribution >= 0.6 is 0 Å². The maximum absolute atomic E-state index is 12.3. The smallest absolute Gasteiger partial charge is 0.242 e. The maximum Gasteiger partial charge on any atom is 0.242 e. The molecule has 1 aliphatic rings. The Morgan fingerprint density at radius 2 is 2.09 bits per heavy atom. The molecule has 1 fully saturated rings. The van der Waals surface area contributed by atoms with Gasteiger partial charge in [0.05, 0.1) is 0 Å². The molecule has 0 bridgehead atoms. The first-order chi connectivity index (χ1) is 11.1. The van der Waals surface area contributed by atoms with Crippen LogP contribution in [0.1, 0.15) is 37.3 Å². The second-order valence-corrected chi connectivity index (χ2v) is 5.90. The summed E-state index contributed by atoms with van der Waals surface area (Å²) >= 11 is 0. The Kier molecular flexibility index (Phi) is 6.59. The van der Waals surface area contributed by atoms with Gasteiger partial charge < -0.3 is 15.0 Å². The summed E-state index contributed by atoms with van der Waals surface area (Å²) in [5, 5.41) is 2.92. The van der Waals surface area contributed by atoms with Crippen molar-refractivity contribution in [2.45, 2.75) is 45.7 Å². The van der Waals surface area contributed by atoms with Gasteiger partial charge in [0, 0.05) is 32.7 Å². The monoisotopic (exact) mass is 318 g/mol. The molecule has 126 valence electrons. The minimum atomic E-state index is -0.351. The fourth-order valence-electron chi connectivity index (χ4n) is 2.74. The van der Waals surface area contributed by atoms with Crippen molar-refractivity contribution in [1.82, 2.24) is 10.2 Å². The molecule has 0 aliphatic carbocycles. The van der Waals surface area contributed by atoms with Gasteiger partial charge >= 0.3 is 0 Å². The van der Waals surface area contributed by atoms with E-state index in [-0.39, 0.29) is 17.9 Å². The SMILES string of the molecule is CCOCCCNC(=O)[C@@H]1CCC(=O)N1Cc1ccc(C)cc1. The second kappa shape index (κ2) is 8.67. The molecule has 5 heteroatoms. The highest BCUT2D eigenvalue weighted by atomic mass is 16.5. The fourth-order valence-corrected chi connectivity index (χ4v) is 2.74. The molecule has 0 saturated carbocycles. The molecule has 0 spiro atoms. The zero-order chi connectivity index (χ0) is 16.7. The molecule has 2 amide bonds. The van der Waals surface area contributed by atoms with E-state index in [2.05, 4.69) is 5.32 Å². The molecule has 1 aliphatic heterocycles. The molecule has 5 nitrogen and oxygen atoms in total. The van der Waals surface area contributed by atoms with Crippen molar-refractivity contribution in [2.24, 2.45) is 0 Å². The molecule has 1 atom stereocenters. The number of carbonyl (C=O) groups is 2. The van der Waals surface area contributed by atoms with E-state index < -0.39 is 0 Å². The number of likely N-dealkylation sites (tertiary alicyclic amines) is 1. The lowest BCUT2D eigenvalue weighted by molar-refractivity contribution is -0.135. The Balaban J connectivity index is 1.88. The summed E-state index contributed by atoms with van der Waals surface area (Å²) in [5.74, 6) is -0.000462. The van der Waals surface area contributed by atoms with Gasteiger partial charge in [0.25, 0.3) is 0 Å². The van der Waals surface area contributed by atoms with Crippen LogP contribution in [0.25, 0.3) is 0 Å². The fraction of sp³-hybridized carbons (Fsp3) is 0.556. The predicted octanol–water partition coefficient (Wildman–Crippen LogP) is 2.03. The third-order valence-electron chi connectivity index (χ3n) is 4.07. The van der Waals surface area contributed by atoms with Crippen LogP contribution in [0.2, 0.25) is 0 Å². The third-order valence-corrected chi connectivity index (χ3v) is 4.07. The number of rotatable bonds is 8. The zero-order valence-corrected chi connectivity index (χ0v) is 14.0. The lowest BCUT2D eigenvalue weighted by Gasteiger charge is -2.24. The summed E-state index contributed by atoms with van der Waals surface area (Å²) in [6.45, 7) is 6.40. The molecule has 0 unspecified atom stereocenters. The van der Waals surface area contributed by atoms with E-state index in [1.165, 1.54) is 5.56 Å². The van der Waals surface area contributed by atoms with Crippen LogP contribution in [0, 0.1) is 6.92 Å². The van der Waals surface area contributed by atoms with Crippen LogP contribution in [0.5, 0.6) is 0 Å². The number of carbonyl (C=O) groups excluding carboxylic acids is 2. The summed E-state index contributed by atoms with van der Waals surface area (Å²) in [7, 11) is 0. The minimum Gasteiger partial charge on any atom is -0.382 e. The van der Waals surface area contributed by atoms with Gasteiger partial charge in [-0.3, -0.25) is 9.59 Å². The third kappa shape index (κ3) is 5.06. The molecular weight excluding hydrogens is 292 g/mol. The molecule has 1 heterocycles. The molecule has 1 N–H and O–H groups in total. The van der Waals surface area contributed by atoms with Crippen LogP contribution < -0.4 is 5.32 Å². The maximum atomic E-state index is 12.3. The van der Waals surface area contributed by atoms with Gasteiger partial charge in [0.1, 0.15) is 6.04 Å². The minimum absolute atomic E-state index is 0.0556. The van der Waals surface area contributed by atoms with E-state index >= 15 is 0 Å². The van der Waals surface area contributed by atoms with E-state index in [1.807, 2.05) is 38.1 Å². The number of nitrogens with zero attached hydrogens (tertiary/aromatic N) is 1. The highest BCUT2D eigenvalue weighted by Crippen LogP contribution is 2.21. The molecular formula is C18H26N2O3. The summed E-state index contributed by atoms with van der Waals surface area (Å²) in [4.78, 5) is 26.1. The van der Waals surface area contributed by atoms with Crippen LogP contribution in [0.15, 0.2) is 24.3 Å². The van der Waals surface area contributed by atoms with Gasteiger partial charge in [-0.1, -0.05) is 29.8 Å². The van der Waals surface area contributed by atoms with Crippen LogP contribution in [-0.2, 0) is 20.9 Å². The van der Waals surface area contributed by atoms with Gasteiger partial charge in [0.2, 0.25) is 11.8 Å². The normalized spacial score (nSPS) is 17.6. The standard InChI is InChI=1S/C18H26N2O3/c1-3-23-12-4-11-19-18(22)16-9-10-17(21)20(16)13-15-7-5-14(2)6-8-15/h5-8,16H,3-4,9-13H2,1-2H3,(H,19,22)/t16-/m0/s1. The van der Waals surface area contributed by atoms with Gasteiger partial charge in [-0.25, -0.2) is 0 Å². The first-order valence-electron chi connectivity index (χ1n) is 8.32. The topological polar surface area (TPSA) is 58.6 Å². The van der Waals surface area contributed by atoms with E-state index in [1.54, 1.807) is 4.90 Å². The van der Waals surface area contributed by atoms with E-state index in [0.717, 1.165) is 12.0 Å². The van der Waals surface area contributed by atoms with Crippen molar-refractivity contribution >= 4 is 11.8 Å². The lowest BCUT2D eigenvalue weighted by atomic mass is 10.1. The van der Waals surface area contributed by atoms with Crippen molar-refractivity contribution in [1.29, 1.82) is 0 Å². The molecule has 23 heavy (non-hydrogen) atoms. The average molecular weight is 318 g/mol. The van der Waals surface area contributed by atoms with Crippen molar-refractivity contribution in [3.8, 4) is 0 Å². The van der Waals surface area contributed by atoms with E-state index in [9.17, 15) is 9.59 Å². The van der Waals surface area contributed by atoms with E-state index in [4.69, 9.17) is 4.74 Å². The highest BCUT2D eigenvalue weighted by molar-refractivity contribution is 5.90. The summed E-state index contributed by atoms with van der Waals surface area (Å²) in [5.41, 5.74) is 2.24. The van der Waals surface area contributed by atoms with Gasteiger partial charge in [0.15, 0.2) is 0 Å². The highest BCUT2D eigenvalue weighted by Gasteiger charge is 2.35. The molecule has 1 saturated heterocycles. The first kappa shape index (κ1) is 17.5. The first-order valence-corrected chi connectivity index (χ1v) is 8.32. The van der Waals surface area contributed by atoms with Crippen molar-refractivity contribution in [2.75, 3.05) is 19.8 Å². The van der Waals surface area contributed by atoms with Crippen LogP contribution in [0.4, 0.5) is 0 Å². The number of aryl methyl sites for hydroxylation is 1. The largest absolute Gasteiger partial charge is 0.382 e. The summed E-state index contributed by atoms with van der Waals surface area (Å²) < 4.78 is 5.25. The number of ether oxygens (including phenoxy) is 1. The Hall–Kier alpha value is -1.88. The van der Waals surface area contributed by atoms with Gasteiger partial charge in [-0.15, -0.1) is 0 Å². The molecule has 2 rings (SSSR count). The Bertz CT molecular complexity index is 528. The number of nitrogens with one attached hydrogen (secondary N) is 1. The molecule has 1 aromatic carbocycles. The number of benzene rings is 1. The average Bonchev–Trinajstić information content (AvgIpc) is 2.90. The van der Waals surface area contributed by atoms with Gasteiger partial charge in [-0.2, -0.15) is 0 Å². The van der Waals surface area contributed by atoms with Crippen molar-refractivity contribution in [3.05, 3.63) is 35.4 Å². The predicted molar refractivity (Wildman–Crippen MR) is 88.9 cm³/mol.